The number of quaternary nitrogens is 1. The number of aliphatic hydroxyl groups excluding tert-OH is 1. The average Bonchev–Trinajstić information content (AvgIpc) is 3.07. The molecule has 0 radical (unpaired) electrons. The van der Waals surface area contributed by atoms with Crippen LogP contribution in [0.3, 0.4) is 0 Å². The number of phosphoric ester groups is 1. The molecule has 3 atom stereocenters. The largest absolute Gasteiger partial charge is 0.756 e. The van der Waals surface area contributed by atoms with E-state index in [1.165, 1.54) is 141 Å². The number of hydrogen-bond acceptors (Lipinski definition) is 6. The second-order valence-electron chi connectivity index (χ2n) is 16.1. The van der Waals surface area contributed by atoms with Crippen molar-refractivity contribution in [1.29, 1.82) is 0 Å². The second kappa shape index (κ2) is 35.0. The zero-order valence-electron chi connectivity index (χ0n) is 34.3. The van der Waals surface area contributed by atoms with Crippen LogP contribution in [0.5, 0.6) is 0 Å². The van der Waals surface area contributed by atoms with Gasteiger partial charge in [-0.15, -0.1) is 0 Å². The number of aliphatic hydroxyl groups is 1. The summed E-state index contributed by atoms with van der Waals surface area (Å²) in [5, 5.41) is 13.8. The van der Waals surface area contributed by atoms with Gasteiger partial charge in [-0.1, -0.05) is 187 Å². The summed E-state index contributed by atoms with van der Waals surface area (Å²) in [6.45, 7) is 4.65. The van der Waals surface area contributed by atoms with Crippen LogP contribution in [0.15, 0.2) is 12.2 Å². The van der Waals surface area contributed by atoms with Crippen molar-refractivity contribution in [2.45, 2.75) is 212 Å². The lowest BCUT2D eigenvalue weighted by atomic mass is 10.0. The Hall–Kier alpha value is -0.760. The van der Waals surface area contributed by atoms with Crippen LogP contribution in [0.25, 0.3) is 0 Å². The Balaban J connectivity index is 4.44. The molecule has 304 valence electrons. The van der Waals surface area contributed by atoms with E-state index in [-0.39, 0.29) is 19.1 Å². The minimum absolute atomic E-state index is 0.00198. The number of carbonyl (C=O) groups excluding carboxylic acids is 1. The zero-order chi connectivity index (χ0) is 37.9. The number of carbonyl (C=O) groups is 1. The van der Waals surface area contributed by atoms with Gasteiger partial charge in [0.15, 0.2) is 0 Å². The molecule has 0 fully saturated rings. The lowest BCUT2D eigenvalue weighted by Crippen LogP contribution is -2.45. The maximum Gasteiger partial charge on any atom is 0.268 e. The zero-order valence-corrected chi connectivity index (χ0v) is 35.2. The van der Waals surface area contributed by atoms with Gasteiger partial charge < -0.3 is 28.8 Å². The summed E-state index contributed by atoms with van der Waals surface area (Å²) in [5.41, 5.74) is 0. The molecule has 0 aromatic rings. The molecule has 3 unspecified atom stereocenters. The first-order chi connectivity index (χ1) is 24.5. The number of amides is 1. The predicted molar refractivity (Wildman–Crippen MR) is 215 cm³/mol. The minimum Gasteiger partial charge on any atom is -0.756 e. The minimum atomic E-state index is -4.58. The summed E-state index contributed by atoms with van der Waals surface area (Å²) in [5.74, 6) is -0.197. The van der Waals surface area contributed by atoms with Gasteiger partial charge in [-0.05, 0) is 19.3 Å². The number of hydrogen-bond donors (Lipinski definition) is 2. The molecule has 0 aliphatic heterocycles. The highest BCUT2D eigenvalue weighted by Gasteiger charge is 2.23. The second-order valence-corrected chi connectivity index (χ2v) is 17.5. The molecule has 51 heavy (non-hydrogen) atoms. The van der Waals surface area contributed by atoms with Gasteiger partial charge in [0.1, 0.15) is 13.2 Å². The van der Waals surface area contributed by atoms with Crippen molar-refractivity contribution >= 4 is 13.7 Å². The summed E-state index contributed by atoms with van der Waals surface area (Å²) >= 11 is 0. The molecule has 0 saturated carbocycles. The summed E-state index contributed by atoms with van der Waals surface area (Å²) in [7, 11) is 1.27. The molecular formula is C42H85N2O6P. The Morgan fingerprint density at radius 2 is 1.06 bits per heavy atom. The number of rotatable bonds is 39. The van der Waals surface area contributed by atoms with Crippen molar-refractivity contribution < 1.29 is 32.9 Å². The highest BCUT2D eigenvalue weighted by Crippen LogP contribution is 2.38. The molecule has 0 bridgehead atoms. The fourth-order valence-corrected chi connectivity index (χ4v) is 6.99. The first-order valence-corrected chi connectivity index (χ1v) is 23.0. The smallest absolute Gasteiger partial charge is 0.268 e. The van der Waals surface area contributed by atoms with Gasteiger partial charge in [-0.2, -0.15) is 0 Å². The van der Waals surface area contributed by atoms with Crippen molar-refractivity contribution in [2.24, 2.45) is 0 Å². The Labute approximate surface area is 316 Å². The van der Waals surface area contributed by atoms with Gasteiger partial charge in [0.05, 0.1) is 39.9 Å². The van der Waals surface area contributed by atoms with Crippen molar-refractivity contribution in [3.63, 3.8) is 0 Å². The Morgan fingerprint density at radius 3 is 1.47 bits per heavy atom. The molecule has 8 nitrogen and oxygen atoms in total. The van der Waals surface area contributed by atoms with E-state index < -0.39 is 20.0 Å². The van der Waals surface area contributed by atoms with E-state index >= 15 is 0 Å². The summed E-state index contributed by atoms with van der Waals surface area (Å²) in [4.78, 5) is 25.2. The van der Waals surface area contributed by atoms with Crippen LogP contribution in [0, 0.1) is 0 Å². The molecular weight excluding hydrogens is 659 g/mol. The van der Waals surface area contributed by atoms with Crippen molar-refractivity contribution in [3.8, 4) is 0 Å². The lowest BCUT2D eigenvalue weighted by molar-refractivity contribution is -0.870. The number of nitrogens with zero attached hydrogens (tertiary/aromatic N) is 1. The van der Waals surface area contributed by atoms with Gasteiger partial charge in [0.25, 0.3) is 7.82 Å². The third-order valence-corrected chi connectivity index (χ3v) is 10.7. The van der Waals surface area contributed by atoms with Gasteiger partial charge in [0, 0.05) is 6.42 Å². The maximum atomic E-state index is 12.8. The van der Waals surface area contributed by atoms with E-state index in [0.29, 0.717) is 17.4 Å². The van der Waals surface area contributed by atoms with Gasteiger partial charge in [-0.25, -0.2) is 0 Å². The molecule has 1 amide bonds. The van der Waals surface area contributed by atoms with E-state index in [9.17, 15) is 19.4 Å². The summed E-state index contributed by atoms with van der Waals surface area (Å²) < 4.78 is 23.2. The predicted octanol–water partition coefficient (Wildman–Crippen LogP) is 10.9. The fraction of sp³-hybridized carbons (Fsp3) is 0.929. The molecule has 0 heterocycles. The quantitative estimate of drug-likeness (QED) is 0.0281. The first-order valence-electron chi connectivity index (χ1n) is 21.6. The molecule has 0 aromatic heterocycles. The number of unbranched alkanes of at least 4 members (excludes halogenated alkanes) is 26. The third-order valence-electron chi connectivity index (χ3n) is 9.75. The van der Waals surface area contributed by atoms with Crippen molar-refractivity contribution in [1.82, 2.24) is 5.32 Å². The number of phosphoric acid groups is 1. The van der Waals surface area contributed by atoms with Crippen LogP contribution < -0.4 is 10.2 Å². The van der Waals surface area contributed by atoms with Crippen LogP contribution >= 0.6 is 7.82 Å². The van der Waals surface area contributed by atoms with Gasteiger partial charge in [0.2, 0.25) is 5.91 Å². The van der Waals surface area contributed by atoms with Crippen LogP contribution in [-0.4, -0.2) is 68.5 Å². The number of allylic oxidation sites excluding steroid dienone is 1. The van der Waals surface area contributed by atoms with Crippen LogP contribution in [0.4, 0.5) is 0 Å². The van der Waals surface area contributed by atoms with E-state index in [0.717, 1.165) is 38.5 Å². The highest BCUT2D eigenvalue weighted by atomic mass is 31.2. The normalized spacial score (nSPS) is 14.6. The molecule has 0 saturated heterocycles. The topological polar surface area (TPSA) is 108 Å². The Morgan fingerprint density at radius 1 is 0.667 bits per heavy atom. The maximum absolute atomic E-state index is 12.8. The standard InChI is InChI=1S/C42H85N2O6P/c1-6-8-10-12-14-16-18-20-21-22-24-25-27-29-31-33-35-41(45)40(39-50-51(47,48)49-38-37-44(3,4)5)43-42(46)36-34-32-30-28-26-23-19-17-15-13-11-9-7-2/h33,35,40-41,45H,6-32,34,36-39H2,1-5H3,(H-,43,46,47,48)/b35-33+. The molecule has 0 aliphatic carbocycles. The Kier molecular flexibility index (Phi) is 34.5. The first kappa shape index (κ1) is 50.2. The van der Waals surface area contributed by atoms with E-state index in [1.807, 2.05) is 27.2 Å². The summed E-state index contributed by atoms with van der Waals surface area (Å²) in [6, 6.07) is -0.878. The number of likely N-dealkylation sites (N-methyl/N-ethyl adjacent to an activating group) is 1. The van der Waals surface area contributed by atoms with Crippen LogP contribution in [0.1, 0.15) is 200 Å². The van der Waals surface area contributed by atoms with Gasteiger partial charge in [-0.3, -0.25) is 9.36 Å². The van der Waals surface area contributed by atoms with Crippen molar-refractivity contribution in [3.05, 3.63) is 12.2 Å². The molecule has 0 aromatic carbocycles. The van der Waals surface area contributed by atoms with E-state index in [4.69, 9.17) is 9.05 Å². The molecule has 2 N–H and O–H groups in total. The molecule has 0 aliphatic rings. The molecule has 0 rings (SSSR count). The highest BCUT2D eigenvalue weighted by molar-refractivity contribution is 7.45. The lowest BCUT2D eigenvalue weighted by Gasteiger charge is -2.29. The van der Waals surface area contributed by atoms with Crippen LogP contribution in [-0.2, 0) is 18.4 Å². The fourth-order valence-electron chi connectivity index (χ4n) is 6.27. The Bertz CT molecular complexity index is 850. The SMILES string of the molecule is CCCCCCCCCCCCCCCC/C=C/C(O)C(COP(=O)([O-])OCC[N+](C)(C)C)NC(=O)CCCCCCCCCCCCCCC. The van der Waals surface area contributed by atoms with Crippen molar-refractivity contribution in [2.75, 3.05) is 40.9 Å². The van der Waals surface area contributed by atoms with Gasteiger partial charge >= 0.3 is 0 Å². The summed E-state index contributed by atoms with van der Waals surface area (Å²) in [6.07, 6.45) is 38.2. The molecule has 0 spiro atoms. The average molecular weight is 745 g/mol. The van der Waals surface area contributed by atoms with E-state index in [2.05, 4.69) is 19.2 Å². The third kappa shape index (κ3) is 37.4. The number of nitrogens with one attached hydrogen (secondary N) is 1. The van der Waals surface area contributed by atoms with Crippen LogP contribution in [0.2, 0.25) is 0 Å². The van der Waals surface area contributed by atoms with E-state index in [1.54, 1.807) is 6.08 Å². The monoisotopic (exact) mass is 745 g/mol. The molecule has 9 heteroatoms.